The molecule has 0 bridgehead atoms. The number of carbonyl (C=O) groups excluding carboxylic acids is 1. The molecule has 0 spiro atoms. The van der Waals surface area contributed by atoms with Crippen LogP contribution in [0, 0.1) is 5.82 Å². The molecule has 0 atom stereocenters. The number of piperidine rings is 1. The maximum Gasteiger partial charge on any atom is 0.234 e. The molecule has 3 rings (SSSR count). The quantitative estimate of drug-likeness (QED) is 0.869. The van der Waals surface area contributed by atoms with Crippen LogP contribution in [0.15, 0.2) is 48.8 Å². The first kappa shape index (κ1) is 17.5. The summed E-state index contributed by atoms with van der Waals surface area (Å²) in [6.45, 7) is 1.81. The average Bonchev–Trinajstić information content (AvgIpc) is 2.63. The lowest BCUT2D eigenvalue weighted by Crippen LogP contribution is -2.46. The van der Waals surface area contributed by atoms with Gasteiger partial charge in [0.25, 0.3) is 0 Å². The number of nitrogens with zero attached hydrogens (tertiary/aromatic N) is 2. The van der Waals surface area contributed by atoms with Crippen molar-refractivity contribution in [1.29, 1.82) is 0 Å². The predicted molar refractivity (Wildman–Crippen MR) is 92.1 cm³/mol. The third-order valence-electron chi connectivity index (χ3n) is 4.64. The average molecular weight is 343 g/mol. The van der Waals surface area contributed by atoms with E-state index < -0.39 is 5.60 Å². The van der Waals surface area contributed by atoms with Gasteiger partial charge < -0.3 is 10.4 Å². The van der Waals surface area contributed by atoms with Gasteiger partial charge >= 0.3 is 0 Å². The molecule has 1 aromatic heterocycles. The lowest BCUT2D eigenvalue weighted by Gasteiger charge is -2.38. The van der Waals surface area contributed by atoms with Crippen LogP contribution < -0.4 is 5.32 Å². The zero-order chi connectivity index (χ0) is 17.7. The number of carbonyl (C=O) groups is 1. The van der Waals surface area contributed by atoms with Gasteiger partial charge in [0.2, 0.25) is 5.91 Å². The highest BCUT2D eigenvalue weighted by molar-refractivity contribution is 5.78. The van der Waals surface area contributed by atoms with Gasteiger partial charge in [-0.1, -0.05) is 24.3 Å². The minimum Gasteiger partial charge on any atom is -0.385 e. The number of likely N-dealkylation sites (tertiary alicyclic amines) is 1. The van der Waals surface area contributed by atoms with Crippen molar-refractivity contribution in [3.05, 3.63) is 65.7 Å². The highest BCUT2D eigenvalue weighted by atomic mass is 19.1. The van der Waals surface area contributed by atoms with E-state index in [1.54, 1.807) is 30.6 Å². The Labute approximate surface area is 146 Å². The standard InChI is InChI=1S/C19H22FN3O2/c20-17-6-2-1-5-16(17)19(25)7-10-23(11-8-19)14-18(24)22-13-15-4-3-9-21-12-15/h1-6,9,12,25H,7-8,10-11,13-14H2,(H,22,24). The van der Waals surface area contributed by atoms with Crippen LogP contribution in [-0.4, -0.2) is 40.5 Å². The minimum atomic E-state index is -1.16. The van der Waals surface area contributed by atoms with E-state index in [0.29, 0.717) is 38.0 Å². The number of amides is 1. The minimum absolute atomic E-state index is 0.0693. The zero-order valence-electron chi connectivity index (χ0n) is 14.0. The van der Waals surface area contributed by atoms with Crippen molar-refractivity contribution in [2.75, 3.05) is 19.6 Å². The second-order valence-electron chi connectivity index (χ2n) is 6.43. The number of hydrogen-bond acceptors (Lipinski definition) is 4. The van der Waals surface area contributed by atoms with Crippen molar-refractivity contribution in [2.24, 2.45) is 0 Å². The summed E-state index contributed by atoms with van der Waals surface area (Å²) in [5, 5.41) is 13.6. The first-order chi connectivity index (χ1) is 12.1. The van der Waals surface area contributed by atoms with Crippen LogP contribution >= 0.6 is 0 Å². The van der Waals surface area contributed by atoms with E-state index in [1.807, 2.05) is 17.0 Å². The molecule has 0 aliphatic carbocycles. The third-order valence-corrected chi connectivity index (χ3v) is 4.64. The summed E-state index contributed by atoms with van der Waals surface area (Å²) in [5.41, 5.74) is 0.132. The number of benzene rings is 1. The van der Waals surface area contributed by atoms with Crippen LogP contribution in [0.2, 0.25) is 0 Å². The topological polar surface area (TPSA) is 65.5 Å². The van der Waals surface area contributed by atoms with Crippen LogP contribution in [-0.2, 0) is 16.9 Å². The number of nitrogens with one attached hydrogen (secondary N) is 1. The molecule has 1 saturated heterocycles. The number of rotatable bonds is 5. The van der Waals surface area contributed by atoms with E-state index >= 15 is 0 Å². The summed E-state index contributed by atoms with van der Waals surface area (Å²) in [4.78, 5) is 18.1. The highest BCUT2D eigenvalue weighted by Crippen LogP contribution is 2.34. The fraction of sp³-hybridized carbons (Fsp3) is 0.368. The Balaban J connectivity index is 1.49. The van der Waals surface area contributed by atoms with Crippen LogP contribution in [0.4, 0.5) is 4.39 Å². The smallest absolute Gasteiger partial charge is 0.234 e. The van der Waals surface area contributed by atoms with E-state index in [4.69, 9.17) is 0 Å². The molecule has 0 saturated carbocycles. The molecule has 0 unspecified atom stereocenters. The van der Waals surface area contributed by atoms with Gasteiger partial charge in [-0.15, -0.1) is 0 Å². The second kappa shape index (κ2) is 7.72. The molecule has 132 valence electrons. The molecule has 5 nitrogen and oxygen atoms in total. The molecular formula is C19H22FN3O2. The van der Waals surface area contributed by atoms with E-state index in [-0.39, 0.29) is 18.3 Å². The Morgan fingerprint density at radius 1 is 1.24 bits per heavy atom. The summed E-state index contributed by atoms with van der Waals surface area (Å²) >= 11 is 0. The number of pyridine rings is 1. The summed E-state index contributed by atoms with van der Waals surface area (Å²) in [7, 11) is 0. The molecule has 2 aromatic rings. The van der Waals surface area contributed by atoms with Crippen molar-refractivity contribution in [2.45, 2.75) is 25.0 Å². The number of aliphatic hydroxyl groups is 1. The molecule has 0 radical (unpaired) electrons. The first-order valence-corrected chi connectivity index (χ1v) is 8.42. The van der Waals surface area contributed by atoms with Gasteiger partial charge in [0.05, 0.1) is 12.1 Å². The number of hydrogen-bond donors (Lipinski definition) is 2. The number of aromatic nitrogens is 1. The Morgan fingerprint density at radius 3 is 2.68 bits per heavy atom. The van der Waals surface area contributed by atoms with Gasteiger partial charge in [-0.3, -0.25) is 14.7 Å². The van der Waals surface area contributed by atoms with Crippen molar-refractivity contribution < 1.29 is 14.3 Å². The summed E-state index contributed by atoms with van der Waals surface area (Å²) in [6.07, 6.45) is 4.22. The number of halogens is 1. The molecule has 1 fully saturated rings. The molecule has 25 heavy (non-hydrogen) atoms. The largest absolute Gasteiger partial charge is 0.385 e. The molecule has 6 heteroatoms. The first-order valence-electron chi connectivity index (χ1n) is 8.42. The molecule has 1 aliphatic rings. The van der Waals surface area contributed by atoms with Crippen molar-refractivity contribution in [3.63, 3.8) is 0 Å². The SMILES string of the molecule is O=C(CN1CCC(O)(c2ccccc2F)CC1)NCc1cccnc1. The lowest BCUT2D eigenvalue weighted by molar-refractivity contribution is -0.123. The van der Waals surface area contributed by atoms with Crippen LogP contribution in [0.5, 0.6) is 0 Å². The van der Waals surface area contributed by atoms with E-state index in [0.717, 1.165) is 5.56 Å². The predicted octanol–water partition coefficient (Wildman–Crippen LogP) is 1.82. The lowest BCUT2D eigenvalue weighted by atomic mass is 9.84. The van der Waals surface area contributed by atoms with Crippen LogP contribution in [0.3, 0.4) is 0 Å². The summed E-state index contributed by atoms with van der Waals surface area (Å²) < 4.78 is 13.9. The molecular weight excluding hydrogens is 321 g/mol. The normalized spacial score (nSPS) is 17.2. The Kier molecular flexibility index (Phi) is 5.40. The van der Waals surface area contributed by atoms with E-state index in [2.05, 4.69) is 10.3 Å². The van der Waals surface area contributed by atoms with Gasteiger partial charge in [0.15, 0.2) is 0 Å². The molecule has 2 N–H and O–H groups in total. The van der Waals surface area contributed by atoms with Crippen molar-refractivity contribution in [3.8, 4) is 0 Å². The van der Waals surface area contributed by atoms with Gasteiger partial charge in [0, 0.05) is 37.6 Å². The zero-order valence-corrected chi connectivity index (χ0v) is 14.0. The van der Waals surface area contributed by atoms with Crippen LogP contribution in [0.1, 0.15) is 24.0 Å². The monoisotopic (exact) mass is 343 g/mol. The summed E-state index contributed by atoms with van der Waals surface area (Å²) in [6, 6.07) is 10.1. The highest BCUT2D eigenvalue weighted by Gasteiger charge is 2.36. The van der Waals surface area contributed by atoms with E-state index in [9.17, 15) is 14.3 Å². The van der Waals surface area contributed by atoms with Crippen molar-refractivity contribution in [1.82, 2.24) is 15.2 Å². The van der Waals surface area contributed by atoms with Crippen molar-refractivity contribution >= 4 is 5.91 Å². The van der Waals surface area contributed by atoms with Crippen LogP contribution in [0.25, 0.3) is 0 Å². The van der Waals surface area contributed by atoms with Gasteiger partial charge in [-0.05, 0) is 30.5 Å². The molecule has 1 aliphatic heterocycles. The fourth-order valence-corrected chi connectivity index (χ4v) is 3.15. The Hall–Kier alpha value is -2.31. The van der Waals surface area contributed by atoms with Gasteiger partial charge in [0.1, 0.15) is 5.82 Å². The van der Waals surface area contributed by atoms with Gasteiger partial charge in [-0.2, -0.15) is 0 Å². The van der Waals surface area contributed by atoms with E-state index in [1.165, 1.54) is 6.07 Å². The third kappa shape index (κ3) is 4.41. The summed E-state index contributed by atoms with van der Waals surface area (Å²) in [5.74, 6) is -0.451. The van der Waals surface area contributed by atoms with Gasteiger partial charge in [-0.25, -0.2) is 4.39 Å². The maximum absolute atomic E-state index is 13.9. The second-order valence-corrected chi connectivity index (χ2v) is 6.43. The Bertz CT molecular complexity index is 716. The maximum atomic E-state index is 13.9. The molecule has 1 amide bonds. The molecule has 2 heterocycles. The fourth-order valence-electron chi connectivity index (χ4n) is 3.15. The molecule has 1 aromatic carbocycles. The Morgan fingerprint density at radius 2 is 2.00 bits per heavy atom.